The molecule has 0 amide bonds. The van der Waals surface area contributed by atoms with Crippen LogP contribution in [0.2, 0.25) is 0 Å². The molecular formula is C15H14F3N3O3. The summed E-state index contributed by atoms with van der Waals surface area (Å²) in [7, 11) is 0. The highest BCUT2D eigenvalue weighted by Gasteiger charge is 2.31. The predicted octanol–water partition coefficient (Wildman–Crippen LogP) is 2.73. The lowest BCUT2D eigenvalue weighted by Crippen LogP contribution is -2.22. The summed E-state index contributed by atoms with van der Waals surface area (Å²) < 4.78 is 43.8. The number of Topliss-reactive ketones (excluding diaryl/α,β-unsaturated/α-hetero) is 1. The molecule has 0 saturated carbocycles. The van der Waals surface area contributed by atoms with Gasteiger partial charge in [-0.2, -0.15) is 18.3 Å². The molecule has 2 heterocycles. The van der Waals surface area contributed by atoms with Crippen molar-refractivity contribution in [1.29, 1.82) is 0 Å². The first-order chi connectivity index (χ1) is 11.1. The topological polar surface area (TPSA) is 74.1 Å². The number of halogens is 3. The number of ketones is 1. The van der Waals surface area contributed by atoms with Crippen molar-refractivity contribution in [3.8, 4) is 5.82 Å². The van der Waals surface area contributed by atoms with Crippen LogP contribution in [0.4, 0.5) is 13.2 Å². The summed E-state index contributed by atoms with van der Waals surface area (Å²) in [5, 5.41) is 3.94. The van der Waals surface area contributed by atoms with Gasteiger partial charge in [-0.3, -0.25) is 4.79 Å². The van der Waals surface area contributed by atoms with Crippen LogP contribution in [0, 0.1) is 6.92 Å². The molecule has 128 valence electrons. The number of carbonyl (C=O) groups excluding carboxylic acids is 2. The second-order valence-corrected chi connectivity index (χ2v) is 5.12. The maximum atomic E-state index is 12.5. The van der Waals surface area contributed by atoms with E-state index in [1.165, 1.54) is 24.7 Å². The number of esters is 1. The van der Waals surface area contributed by atoms with Crippen molar-refractivity contribution in [2.24, 2.45) is 0 Å². The third kappa shape index (κ3) is 3.61. The Balaban J connectivity index is 2.27. The fourth-order valence-electron chi connectivity index (χ4n) is 1.83. The van der Waals surface area contributed by atoms with Gasteiger partial charge in [-0.05, 0) is 32.9 Å². The molecule has 0 aromatic carbocycles. The Morgan fingerprint density at radius 3 is 2.42 bits per heavy atom. The van der Waals surface area contributed by atoms with Crippen molar-refractivity contribution in [3.05, 3.63) is 41.3 Å². The highest BCUT2D eigenvalue weighted by atomic mass is 19.4. The van der Waals surface area contributed by atoms with Crippen LogP contribution in [0.25, 0.3) is 5.82 Å². The van der Waals surface area contributed by atoms with E-state index >= 15 is 0 Å². The highest BCUT2D eigenvalue weighted by Crippen LogP contribution is 2.28. The first kappa shape index (κ1) is 17.6. The van der Waals surface area contributed by atoms with E-state index in [4.69, 9.17) is 4.74 Å². The third-order valence-electron chi connectivity index (χ3n) is 3.38. The van der Waals surface area contributed by atoms with Gasteiger partial charge in [0.25, 0.3) is 0 Å². The smallest absolute Gasteiger partial charge is 0.417 e. The Labute approximate surface area is 135 Å². The lowest BCUT2D eigenvalue weighted by molar-refractivity contribution is -0.137. The first-order valence-corrected chi connectivity index (χ1v) is 6.91. The van der Waals surface area contributed by atoms with Crippen molar-refractivity contribution >= 4 is 11.8 Å². The monoisotopic (exact) mass is 341 g/mol. The number of carbonyl (C=O) groups is 2. The number of ether oxygens (including phenoxy) is 1. The van der Waals surface area contributed by atoms with Gasteiger partial charge < -0.3 is 4.74 Å². The van der Waals surface area contributed by atoms with Crippen LogP contribution >= 0.6 is 0 Å². The molecule has 0 saturated heterocycles. The molecule has 0 radical (unpaired) electrons. The number of aromatic nitrogens is 3. The SMILES string of the molecule is CC(=O)C(C)OC(=O)c1cnn(-c2ccc(C(F)(F)F)cn2)c1C. The minimum Gasteiger partial charge on any atom is -0.451 e. The summed E-state index contributed by atoms with van der Waals surface area (Å²) in [4.78, 5) is 26.9. The molecule has 0 aliphatic heterocycles. The molecule has 2 aromatic heterocycles. The Hall–Kier alpha value is -2.71. The van der Waals surface area contributed by atoms with Gasteiger partial charge in [0.05, 0.1) is 17.5 Å². The molecule has 1 unspecified atom stereocenters. The standard InChI is InChI=1S/C15H14F3N3O3/c1-8-12(14(23)24-10(3)9(2)22)7-20-21(8)13-5-4-11(6-19-13)15(16,17)18/h4-7,10H,1-3H3. The van der Waals surface area contributed by atoms with E-state index in [1.807, 2.05) is 0 Å². The van der Waals surface area contributed by atoms with E-state index in [0.717, 1.165) is 12.1 Å². The van der Waals surface area contributed by atoms with E-state index < -0.39 is 23.8 Å². The summed E-state index contributed by atoms with van der Waals surface area (Å²) in [6, 6.07) is 2.02. The molecule has 0 spiro atoms. The van der Waals surface area contributed by atoms with Gasteiger partial charge in [0.2, 0.25) is 0 Å². The van der Waals surface area contributed by atoms with Gasteiger partial charge in [0.15, 0.2) is 17.7 Å². The fourth-order valence-corrected chi connectivity index (χ4v) is 1.83. The Kier molecular flexibility index (Phi) is 4.72. The molecule has 24 heavy (non-hydrogen) atoms. The average molecular weight is 341 g/mol. The minimum atomic E-state index is -4.48. The number of hydrogen-bond donors (Lipinski definition) is 0. The van der Waals surface area contributed by atoms with Crippen LogP contribution in [0.1, 0.15) is 35.5 Å². The average Bonchev–Trinajstić information content (AvgIpc) is 2.88. The van der Waals surface area contributed by atoms with Crippen LogP contribution < -0.4 is 0 Å². The maximum Gasteiger partial charge on any atom is 0.417 e. The number of alkyl halides is 3. The summed E-state index contributed by atoms with van der Waals surface area (Å²) >= 11 is 0. The minimum absolute atomic E-state index is 0.102. The summed E-state index contributed by atoms with van der Waals surface area (Å²) in [5.74, 6) is -0.926. The van der Waals surface area contributed by atoms with Crippen molar-refractivity contribution in [3.63, 3.8) is 0 Å². The van der Waals surface area contributed by atoms with Crippen LogP contribution in [-0.2, 0) is 15.7 Å². The van der Waals surface area contributed by atoms with Gasteiger partial charge in [-0.15, -0.1) is 0 Å². The van der Waals surface area contributed by atoms with E-state index in [1.54, 1.807) is 6.92 Å². The van der Waals surface area contributed by atoms with Crippen LogP contribution in [0.15, 0.2) is 24.5 Å². The van der Waals surface area contributed by atoms with Crippen LogP contribution in [0.5, 0.6) is 0 Å². The van der Waals surface area contributed by atoms with Gasteiger partial charge in [-0.1, -0.05) is 0 Å². The van der Waals surface area contributed by atoms with Crippen molar-refractivity contribution in [2.45, 2.75) is 33.1 Å². The zero-order valence-corrected chi connectivity index (χ0v) is 13.1. The fraction of sp³-hybridized carbons (Fsp3) is 0.333. The normalized spacial score (nSPS) is 12.8. The van der Waals surface area contributed by atoms with Gasteiger partial charge in [0, 0.05) is 6.20 Å². The Morgan fingerprint density at radius 2 is 1.92 bits per heavy atom. The molecule has 0 aliphatic carbocycles. The predicted molar refractivity (Wildman–Crippen MR) is 76.7 cm³/mol. The van der Waals surface area contributed by atoms with E-state index in [9.17, 15) is 22.8 Å². The van der Waals surface area contributed by atoms with Gasteiger partial charge >= 0.3 is 12.1 Å². The quantitative estimate of drug-likeness (QED) is 0.800. The zero-order valence-electron chi connectivity index (χ0n) is 13.1. The molecule has 0 N–H and O–H groups in total. The second-order valence-electron chi connectivity index (χ2n) is 5.12. The van der Waals surface area contributed by atoms with E-state index in [-0.39, 0.29) is 17.2 Å². The van der Waals surface area contributed by atoms with E-state index in [0.29, 0.717) is 11.9 Å². The molecular weight excluding hydrogens is 327 g/mol. The summed E-state index contributed by atoms with van der Waals surface area (Å²) in [5.41, 5.74) is -0.446. The van der Waals surface area contributed by atoms with Crippen molar-refractivity contribution < 1.29 is 27.5 Å². The zero-order chi connectivity index (χ0) is 18.1. The largest absolute Gasteiger partial charge is 0.451 e. The maximum absolute atomic E-state index is 12.5. The van der Waals surface area contributed by atoms with Crippen molar-refractivity contribution in [1.82, 2.24) is 14.8 Å². The first-order valence-electron chi connectivity index (χ1n) is 6.91. The lowest BCUT2D eigenvalue weighted by Gasteiger charge is -2.10. The Morgan fingerprint density at radius 1 is 1.25 bits per heavy atom. The molecule has 2 rings (SSSR count). The number of pyridine rings is 1. The van der Waals surface area contributed by atoms with Crippen LogP contribution in [-0.4, -0.2) is 32.6 Å². The number of rotatable bonds is 4. The van der Waals surface area contributed by atoms with Gasteiger partial charge in [0.1, 0.15) is 5.56 Å². The molecule has 2 aromatic rings. The lowest BCUT2D eigenvalue weighted by atomic mass is 10.2. The number of nitrogens with zero attached hydrogens (tertiary/aromatic N) is 3. The molecule has 1 atom stereocenters. The van der Waals surface area contributed by atoms with E-state index in [2.05, 4.69) is 10.1 Å². The molecule has 9 heteroatoms. The van der Waals surface area contributed by atoms with Crippen molar-refractivity contribution in [2.75, 3.05) is 0 Å². The highest BCUT2D eigenvalue weighted by molar-refractivity contribution is 5.93. The molecule has 6 nitrogen and oxygen atoms in total. The molecule has 0 aliphatic rings. The molecule has 0 fully saturated rings. The summed E-state index contributed by atoms with van der Waals surface area (Å²) in [6.07, 6.45) is -3.48. The third-order valence-corrected chi connectivity index (χ3v) is 3.38. The van der Waals surface area contributed by atoms with Crippen LogP contribution in [0.3, 0.4) is 0 Å². The number of hydrogen-bond acceptors (Lipinski definition) is 5. The molecule has 0 bridgehead atoms. The summed E-state index contributed by atoms with van der Waals surface area (Å²) in [6.45, 7) is 4.28. The van der Waals surface area contributed by atoms with Gasteiger partial charge in [-0.25, -0.2) is 14.5 Å². The Bertz CT molecular complexity index is 767. The second kappa shape index (κ2) is 6.42.